The van der Waals surface area contributed by atoms with E-state index in [1.165, 1.54) is 24.3 Å². The molecule has 0 aliphatic carbocycles. The molecule has 0 bridgehead atoms. The molecule has 174 valence electrons. The minimum absolute atomic E-state index is 0.0166. The highest BCUT2D eigenvalue weighted by atomic mass is 35.5. The maximum absolute atomic E-state index is 12.3. The van der Waals surface area contributed by atoms with E-state index in [2.05, 4.69) is 9.64 Å². The molecule has 0 unspecified atom stereocenters. The minimum Gasteiger partial charge on any atom is -0.494 e. The van der Waals surface area contributed by atoms with Gasteiger partial charge in [0.05, 0.1) is 6.61 Å². The number of benzene rings is 2. The largest absolute Gasteiger partial charge is 0.494 e. The Bertz CT molecular complexity index is 825. The summed E-state index contributed by atoms with van der Waals surface area (Å²) in [5.74, 6) is 1.76. The quantitative estimate of drug-likeness (QED) is 0.388. The number of Topliss-reactive ketones (excluding diaryl/α,β-unsaturated/α-hetero) is 1. The summed E-state index contributed by atoms with van der Waals surface area (Å²) in [6.45, 7) is 0.709. The Morgan fingerprint density at radius 2 is 1.56 bits per heavy atom. The van der Waals surface area contributed by atoms with Crippen molar-refractivity contribution >= 4 is 17.4 Å². The SMILES string of the molecule is O=C(COc1ccc(OC(F)F)cc1)CC1CCN(CCCOc2ccc(Cl)cc2)CC1. The van der Waals surface area contributed by atoms with Crippen LogP contribution >= 0.6 is 11.6 Å². The highest BCUT2D eigenvalue weighted by Gasteiger charge is 2.21. The molecule has 0 saturated carbocycles. The van der Waals surface area contributed by atoms with E-state index in [1.54, 1.807) is 0 Å². The summed E-state index contributed by atoms with van der Waals surface area (Å²) in [6, 6.07) is 13.2. The van der Waals surface area contributed by atoms with Crippen molar-refractivity contribution in [1.29, 1.82) is 0 Å². The van der Waals surface area contributed by atoms with Gasteiger partial charge in [-0.05, 0) is 86.8 Å². The molecular weight excluding hydrogens is 440 g/mol. The molecule has 0 aromatic heterocycles. The Morgan fingerprint density at radius 1 is 0.969 bits per heavy atom. The zero-order valence-corrected chi connectivity index (χ0v) is 18.6. The molecule has 1 aliphatic heterocycles. The van der Waals surface area contributed by atoms with Crippen molar-refractivity contribution in [1.82, 2.24) is 4.90 Å². The molecule has 1 aliphatic rings. The van der Waals surface area contributed by atoms with E-state index >= 15 is 0 Å². The molecular formula is C24H28ClF2NO4. The van der Waals surface area contributed by atoms with Crippen molar-refractivity contribution in [3.05, 3.63) is 53.6 Å². The van der Waals surface area contributed by atoms with Crippen LogP contribution in [0, 0.1) is 5.92 Å². The van der Waals surface area contributed by atoms with E-state index in [4.69, 9.17) is 21.1 Å². The number of hydrogen-bond acceptors (Lipinski definition) is 5. The minimum atomic E-state index is -2.86. The molecule has 0 radical (unpaired) electrons. The van der Waals surface area contributed by atoms with E-state index in [0.29, 0.717) is 29.7 Å². The summed E-state index contributed by atoms with van der Waals surface area (Å²) in [5, 5.41) is 0.696. The Labute approximate surface area is 192 Å². The third kappa shape index (κ3) is 8.63. The lowest BCUT2D eigenvalue weighted by Gasteiger charge is -2.31. The van der Waals surface area contributed by atoms with Gasteiger partial charge in [0.2, 0.25) is 0 Å². The fraction of sp³-hybridized carbons (Fsp3) is 0.458. The molecule has 0 N–H and O–H groups in total. The van der Waals surface area contributed by atoms with Gasteiger partial charge >= 0.3 is 6.61 Å². The molecule has 3 rings (SSSR count). The topological polar surface area (TPSA) is 48.0 Å². The van der Waals surface area contributed by atoms with Gasteiger partial charge in [0.1, 0.15) is 23.9 Å². The van der Waals surface area contributed by atoms with Gasteiger partial charge in [0.15, 0.2) is 5.78 Å². The monoisotopic (exact) mass is 467 g/mol. The maximum atomic E-state index is 12.3. The second kappa shape index (κ2) is 12.6. The van der Waals surface area contributed by atoms with Gasteiger partial charge in [-0.25, -0.2) is 0 Å². The second-order valence-corrected chi connectivity index (χ2v) is 8.26. The number of ketones is 1. The molecule has 1 saturated heterocycles. The Balaban J connectivity index is 1.26. The van der Waals surface area contributed by atoms with Gasteiger partial charge in [-0.3, -0.25) is 4.79 Å². The Hall–Kier alpha value is -2.38. The van der Waals surface area contributed by atoms with Crippen LogP contribution in [0.15, 0.2) is 48.5 Å². The van der Waals surface area contributed by atoms with Crippen molar-refractivity contribution in [3.63, 3.8) is 0 Å². The van der Waals surface area contributed by atoms with Crippen molar-refractivity contribution < 1.29 is 27.8 Å². The molecule has 5 nitrogen and oxygen atoms in total. The zero-order chi connectivity index (χ0) is 22.8. The summed E-state index contributed by atoms with van der Waals surface area (Å²) >= 11 is 5.87. The first-order valence-corrected chi connectivity index (χ1v) is 11.2. The van der Waals surface area contributed by atoms with Gasteiger partial charge in [0, 0.05) is 18.0 Å². The normalized spacial score (nSPS) is 15.0. The smallest absolute Gasteiger partial charge is 0.387 e. The molecule has 2 aromatic carbocycles. The molecule has 1 heterocycles. The van der Waals surface area contributed by atoms with Crippen LogP contribution < -0.4 is 14.2 Å². The third-order valence-corrected chi connectivity index (χ3v) is 5.63. The van der Waals surface area contributed by atoms with Crippen LogP contribution in [0.1, 0.15) is 25.7 Å². The third-order valence-electron chi connectivity index (χ3n) is 5.37. The summed E-state index contributed by atoms with van der Waals surface area (Å²) in [6.07, 6.45) is 3.42. The second-order valence-electron chi connectivity index (χ2n) is 7.82. The predicted molar refractivity (Wildman–Crippen MR) is 119 cm³/mol. The molecule has 0 amide bonds. The lowest BCUT2D eigenvalue weighted by Crippen LogP contribution is -2.35. The lowest BCUT2D eigenvalue weighted by atomic mass is 9.92. The van der Waals surface area contributed by atoms with E-state index in [0.717, 1.165) is 44.6 Å². The number of piperidine rings is 1. The van der Waals surface area contributed by atoms with E-state index < -0.39 is 6.61 Å². The summed E-state index contributed by atoms with van der Waals surface area (Å²) in [4.78, 5) is 14.7. The number of alkyl halides is 2. The Kier molecular flexibility index (Phi) is 9.56. The van der Waals surface area contributed by atoms with Crippen molar-refractivity contribution in [2.45, 2.75) is 32.3 Å². The number of rotatable bonds is 12. The van der Waals surface area contributed by atoms with E-state index in [-0.39, 0.29) is 18.1 Å². The van der Waals surface area contributed by atoms with E-state index in [9.17, 15) is 13.6 Å². The first-order valence-electron chi connectivity index (χ1n) is 10.8. The molecule has 0 atom stereocenters. The predicted octanol–water partition coefficient (Wildman–Crippen LogP) is 5.46. The first kappa shape index (κ1) is 24.3. The molecule has 2 aromatic rings. The van der Waals surface area contributed by atoms with Gasteiger partial charge < -0.3 is 19.1 Å². The molecule has 0 spiro atoms. The first-order chi connectivity index (χ1) is 15.5. The zero-order valence-electron chi connectivity index (χ0n) is 17.9. The summed E-state index contributed by atoms with van der Waals surface area (Å²) < 4.78 is 39.8. The number of halogens is 3. The molecule has 8 heteroatoms. The number of likely N-dealkylation sites (tertiary alicyclic amines) is 1. The fourth-order valence-corrected chi connectivity index (χ4v) is 3.81. The fourth-order valence-electron chi connectivity index (χ4n) is 3.69. The highest BCUT2D eigenvalue weighted by molar-refractivity contribution is 6.30. The maximum Gasteiger partial charge on any atom is 0.387 e. The van der Waals surface area contributed by atoms with Crippen LogP contribution in [-0.4, -0.2) is 50.1 Å². The van der Waals surface area contributed by atoms with Crippen molar-refractivity contribution in [2.75, 3.05) is 32.8 Å². The van der Waals surface area contributed by atoms with Gasteiger partial charge in [-0.2, -0.15) is 8.78 Å². The van der Waals surface area contributed by atoms with Crippen molar-refractivity contribution in [2.24, 2.45) is 5.92 Å². The summed E-state index contributed by atoms with van der Waals surface area (Å²) in [7, 11) is 0. The van der Waals surface area contributed by atoms with Gasteiger partial charge in [-0.15, -0.1) is 0 Å². The van der Waals surface area contributed by atoms with Crippen LogP contribution in [-0.2, 0) is 4.79 Å². The standard InChI is InChI=1S/C24H28ClF2NO4/c25-19-2-4-21(5-3-19)30-15-1-12-28-13-10-18(11-14-28)16-20(29)17-31-22-6-8-23(9-7-22)32-24(26)27/h2-9,18,24H,1,10-17H2. The summed E-state index contributed by atoms with van der Waals surface area (Å²) in [5.41, 5.74) is 0. The van der Waals surface area contributed by atoms with Crippen LogP contribution in [0.5, 0.6) is 17.2 Å². The lowest BCUT2D eigenvalue weighted by molar-refractivity contribution is -0.122. The number of ether oxygens (including phenoxy) is 3. The van der Waals surface area contributed by atoms with E-state index in [1.807, 2.05) is 24.3 Å². The van der Waals surface area contributed by atoms with Crippen LogP contribution in [0.2, 0.25) is 5.02 Å². The van der Waals surface area contributed by atoms with Crippen LogP contribution in [0.3, 0.4) is 0 Å². The number of carbonyl (C=O) groups is 1. The average molecular weight is 468 g/mol. The van der Waals surface area contributed by atoms with Crippen molar-refractivity contribution in [3.8, 4) is 17.2 Å². The average Bonchev–Trinajstić information content (AvgIpc) is 2.78. The molecule has 1 fully saturated rings. The van der Waals surface area contributed by atoms with Gasteiger partial charge in [-0.1, -0.05) is 11.6 Å². The number of carbonyl (C=O) groups excluding carboxylic acids is 1. The van der Waals surface area contributed by atoms with Crippen LogP contribution in [0.25, 0.3) is 0 Å². The Morgan fingerprint density at radius 3 is 2.22 bits per heavy atom. The molecule has 32 heavy (non-hydrogen) atoms. The number of hydrogen-bond donors (Lipinski definition) is 0. The van der Waals surface area contributed by atoms with Gasteiger partial charge in [0.25, 0.3) is 0 Å². The van der Waals surface area contributed by atoms with Crippen LogP contribution in [0.4, 0.5) is 8.78 Å². The highest BCUT2D eigenvalue weighted by Crippen LogP contribution is 2.23. The number of nitrogens with zero attached hydrogens (tertiary/aromatic N) is 1.